The maximum atomic E-state index is 12.8. The number of fused-ring (bicyclic) bond motifs is 1. The quantitative estimate of drug-likeness (QED) is 0.590. The van der Waals surface area contributed by atoms with Crippen LogP contribution >= 0.6 is 11.8 Å². The van der Waals surface area contributed by atoms with Gasteiger partial charge in [-0.15, -0.1) is 0 Å². The number of amides is 3. The molecule has 0 saturated heterocycles. The highest BCUT2D eigenvalue weighted by atomic mass is 32.2. The Morgan fingerprint density at radius 1 is 1.42 bits per heavy atom. The highest BCUT2D eigenvalue weighted by Gasteiger charge is 2.17. The van der Waals surface area contributed by atoms with E-state index in [9.17, 15) is 14.4 Å². The molecule has 0 aliphatic rings. The minimum Gasteiger partial charge on any atom is -0.383 e. The molecule has 1 atom stereocenters. The Labute approximate surface area is 142 Å². The van der Waals surface area contributed by atoms with Crippen LogP contribution in [0.3, 0.4) is 0 Å². The summed E-state index contributed by atoms with van der Waals surface area (Å²) in [4.78, 5) is 39.5. The van der Waals surface area contributed by atoms with Gasteiger partial charge in [-0.3, -0.25) is 19.5 Å². The molecule has 0 saturated carbocycles. The molecule has 0 bridgehead atoms. The average Bonchev–Trinajstić information content (AvgIpc) is 2.52. The fourth-order valence-corrected chi connectivity index (χ4v) is 3.13. The van der Waals surface area contributed by atoms with Gasteiger partial charge in [-0.1, -0.05) is 23.9 Å². The fourth-order valence-electron chi connectivity index (χ4n) is 2.24. The first-order chi connectivity index (χ1) is 11.4. The van der Waals surface area contributed by atoms with Crippen molar-refractivity contribution in [2.24, 2.45) is 5.73 Å². The van der Waals surface area contributed by atoms with Crippen LogP contribution in [0.5, 0.6) is 0 Å². The van der Waals surface area contributed by atoms with Gasteiger partial charge < -0.3 is 10.5 Å². The van der Waals surface area contributed by atoms with E-state index in [1.165, 1.54) is 4.57 Å². The van der Waals surface area contributed by atoms with Gasteiger partial charge in [0.05, 0.1) is 29.3 Å². The van der Waals surface area contributed by atoms with E-state index in [0.29, 0.717) is 22.7 Å². The molecule has 3 N–H and O–H groups in total. The number of hydrogen-bond acceptors (Lipinski definition) is 6. The summed E-state index contributed by atoms with van der Waals surface area (Å²) in [5.74, 6) is -0.645. The van der Waals surface area contributed by atoms with E-state index in [1.54, 1.807) is 31.4 Å². The largest absolute Gasteiger partial charge is 0.383 e. The van der Waals surface area contributed by atoms with Crippen molar-refractivity contribution in [3.05, 3.63) is 34.6 Å². The van der Waals surface area contributed by atoms with Gasteiger partial charge >= 0.3 is 6.03 Å². The van der Waals surface area contributed by atoms with Crippen LogP contribution < -0.4 is 16.6 Å². The maximum absolute atomic E-state index is 12.8. The number of para-hydroxylation sites is 1. The standard InChI is InChI=1S/C15H18N4O4S/c1-9(7-23-2)19-13(21)10-5-3-4-6-11(10)17-15(19)24-8-12(20)18-14(16)22/h3-6,9H,7-8H2,1-2H3,(H3,16,18,20,22)/t9-/m1/s1. The molecule has 2 aromatic rings. The lowest BCUT2D eigenvalue weighted by Gasteiger charge is -2.18. The number of methoxy groups -OCH3 is 1. The third-order valence-electron chi connectivity index (χ3n) is 3.22. The van der Waals surface area contributed by atoms with Crippen LogP contribution in [0.25, 0.3) is 10.9 Å². The second kappa shape index (κ2) is 7.93. The van der Waals surface area contributed by atoms with Crippen LogP contribution in [0.1, 0.15) is 13.0 Å². The van der Waals surface area contributed by atoms with E-state index in [1.807, 2.05) is 12.2 Å². The second-order valence-corrected chi connectivity index (χ2v) is 6.03. The van der Waals surface area contributed by atoms with E-state index < -0.39 is 11.9 Å². The van der Waals surface area contributed by atoms with Gasteiger partial charge in [0.2, 0.25) is 5.91 Å². The highest BCUT2D eigenvalue weighted by Crippen LogP contribution is 2.21. The molecule has 8 nitrogen and oxygen atoms in total. The molecule has 2 rings (SSSR count). The fraction of sp³-hybridized carbons (Fsp3) is 0.333. The number of imide groups is 1. The van der Waals surface area contributed by atoms with Crippen LogP contribution in [0.15, 0.2) is 34.2 Å². The first-order valence-electron chi connectivity index (χ1n) is 7.16. The molecule has 0 aliphatic carbocycles. The third kappa shape index (κ3) is 4.12. The summed E-state index contributed by atoms with van der Waals surface area (Å²) >= 11 is 1.06. The number of nitrogens with zero attached hydrogens (tertiary/aromatic N) is 2. The van der Waals surface area contributed by atoms with Gasteiger partial charge in [-0.25, -0.2) is 9.78 Å². The number of nitrogens with one attached hydrogen (secondary N) is 1. The predicted octanol–water partition coefficient (Wildman–Crippen LogP) is 0.891. The summed E-state index contributed by atoms with van der Waals surface area (Å²) in [7, 11) is 1.54. The molecule has 0 spiro atoms. The number of urea groups is 1. The summed E-state index contributed by atoms with van der Waals surface area (Å²) < 4.78 is 6.62. The lowest BCUT2D eigenvalue weighted by Crippen LogP contribution is -2.36. The summed E-state index contributed by atoms with van der Waals surface area (Å²) in [5, 5.41) is 2.85. The van der Waals surface area contributed by atoms with Crippen molar-refractivity contribution in [2.45, 2.75) is 18.1 Å². The second-order valence-electron chi connectivity index (χ2n) is 5.09. The normalized spacial score (nSPS) is 12.1. The monoisotopic (exact) mass is 350 g/mol. The van der Waals surface area contributed by atoms with Crippen molar-refractivity contribution in [2.75, 3.05) is 19.5 Å². The van der Waals surface area contributed by atoms with Crippen molar-refractivity contribution >= 4 is 34.6 Å². The molecule has 0 unspecified atom stereocenters. The first-order valence-corrected chi connectivity index (χ1v) is 8.15. The molecule has 24 heavy (non-hydrogen) atoms. The van der Waals surface area contributed by atoms with Gasteiger partial charge in [0.15, 0.2) is 5.16 Å². The van der Waals surface area contributed by atoms with E-state index in [4.69, 9.17) is 10.5 Å². The summed E-state index contributed by atoms with van der Waals surface area (Å²) in [6.45, 7) is 2.15. The minimum atomic E-state index is -0.919. The average molecular weight is 350 g/mol. The molecule has 128 valence electrons. The van der Waals surface area contributed by atoms with Gasteiger partial charge in [0, 0.05) is 7.11 Å². The van der Waals surface area contributed by atoms with E-state index in [-0.39, 0.29) is 17.4 Å². The summed E-state index contributed by atoms with van der Waals surface area (Å²) in [6.07, 6.45) is 0. The molecule has 1 aromatic carbocycles. The molecule has 1 heterocycles. The Bertz CT molecular complexity index is 821. The number of ether oxygens (including phenoxy) is 1. The molecule has 0 radical (unpaired) electrons. The Kier molecular flexibility index (Phi) is 5.93. The van der Waals surface area contributed by atoms with Crippen molar-refractivity contribution in [1.82, 2.24) is 14.9 Å². The van der Waals surface area contributed by atoms with Crippen LogP contribution in [0, 0.1) is 0 Å². The number of nitrogens with two attached hydrogens (primary N) is 1. The predicted molar refractivity (Wildman–Crippen MR) is 91.0 cm³/mol. The molecule has 1 aromatic heterocycles. The number of carbonyl (C=O) groups excluding carboxylic acids is 2. The number of thioether (sulfide) groups is 1. The Morgan fingerprint density at radius 2 is 2.12 bits per heavy atom. The number of carbonyl (C=O) groups is 2. The minimum absolute atomic E-state index is 0.0899. The molecular formula is C15H18N4O4S. The number of rotatable bonds is 6. The molecule has 0 fully saturated rings. The number of hydrogen-bond donors (Lipinski definition) is 2. The lowest BCUT2D eigenvalue weighted by molar-refractivity contribution is -0.117. The Hall–Kier alpha value is -2.39. The van der Waals surface area contributed by atoms with E-state index in [0.717, 1.165) is 11.8 Å². The number of benzene rings is 1. The summed E-state index contributed by atoms with van der Waals surface area (Å²) in [6, 6.07) is 5.80. The van der Waals surface area contributed by atoms with Crippen molar-refractivity contribution in [1.29, 1.82) is 0 Å². The van der Waals surface area contributed by atoms with Crippen molar-refractivity contribution < 1.29 is 14.3 Å². The highest BCUT2D eigenvalue weighted by molar-refractivity contribution is 7.99. The van der Waals surface area contributed by atoms with Crippen LogP contribution in [0.4, 0.5) is 4.79 Å². The molecular weight excluding hydrogens is 332 g/mol. The smallest absolute Gasteiger partial charge is 0.318 e. The number of primary amides is 1. The topological polar surface area (TPSA) is 116 Å². The zero-order valence-electron chi connectivity index (χ0n) is 13.3. The molecule has 0 aliphatic heterocycles. The van der Waals surface area contributed by atoms with Crippen molar-refractivity contribution in [3.8, 4) is 0 Å². The van der Waals surface area contributed by atoms with Gasteiger partial charge in [-0.05, 0) is 19.1 Å². The molecule has 3 amide bonds. The Morgan fingerprint density at radius 3 is 2.79 bits per heavy atom. The van der Waals surface area contributed by atoms with E-state index in [2.05, 4.69) is 4.98 Å². The zero-order valence-corrected chi connectivity index (χ0v) is 14.1. The first kappa shape index (κ1) is 18.0. The Balaban J connectivity index is 2.42. The van der Waals surface area contributed by atoms with Crippen LogP contribution in [0.2, 0.25) is 0 Å². The van der Waals surface area contributed by atoms with Gasteiger partial charge in [0.1, 0.15) is 0 Å². The summed E-state index contributed by atoms with van der Waals surface area (Å²) in [5.41, 5.74) is 5.25. The molecule has 9 heteroatoms. The van der Waals surface area contributed by atoms with Crippen LogP contribution in [-0.2, 0) is 9.53 Å². The van der Waals surface area contributed by atoms with E-state index >= 15 is 0 Å². The van der Waals surface area contributed by atoms with Gasteiger partial charge in [0.25, 0.3) is 5.56 Å². The van der Waals surface area contributed by atoms with Crippen LogP contribution in [-0.4, -0.2) is 41.0 Å². The van der Waals surface area contributed by atoms with Crippen molar-refractivity contribution in [3.63, 3.8) is 0 Å². The zero-order chi connectivity index (χ0) is 17.7. The lowest BCUT2D eigenvalue weighted by atomic mass is 10.2. The van der Waals surface area contributed by atoms with Gasteiger partial charge in [-0.2, -0.15) is 0 Å². The third-order valence-corrected chi connectivity index (χ3v) is 4.17. The SMILES string of the molecule is COC[C@@H](C)n1c(SCC(=O)NC(N)=O)nc2ccccc2c1=O. The maximum Gasteiger partial charge on any atom is 0.318 e. The number of aromatic nitrogens is 2.